The van der Waals surface area contributed by atoms with Crippen LogP contribution in [0.2, 0.25) is 0 Å². The second-order valence-electron chi connectivity index (χ2n) is 4.18. The van der Waals surface area contributed by atoms with Crippen LogP contribution in [0.5, 0.6) is 0 Å². The van der Waals surface area contributed by atoms with Gasteiger partial charge in [-0.15, -0.1) is 0 Å². The lowest BCUT2D eigenvalue weighted by molar-refractivity contribution is 0.149. The van der Waals surface area contributed by atoms with E-state index in [-0.39, 0.29) is 12.0 Å². The molecule has 0 amide bonds. The molecule has 0 saturated heterocycles. The van der Waals surface area contributed by atoms with Gasteiger partial charge >= 0.3 is 0 Å². The van der Waals surface area contributed by atoms with Gasteiger partial charge < -0.3 is 10.4 Å². The molecular formula is C12H18INO. The maximum Gasteiger partial charge on any atom is 0.0501 e. The summed E-state index contributed by atoms with van der Waals surface area (Å²) in [6.07, 6.45) is 0.973. The Labute approximate surface area is 105 Å². The minimum Gasteiger partial charge on any atom is -0.396 e. The zero-order valence-electron chi connectivity index (χ0n) is 9.26. The molecule has 2 N–H and O–H groups in total. The van der Waals surface area contributed by atoms with E-state index in [1.165, 1.54) is 3.57 Å². The van der Waals surface area contributed by atoms with Gasteiger partial charge in [-0.2, -0.15) is 0 Å². The Hall–Kier alpha value is -0.290. The van der Waals surface area contributed by atoms with Gasteiger partial charge in [0, 0.05) is 21.2 Å². The number of halogens is 1. The monoisotopic (exact) mass is 319 g/mol. The number of hydrogen-bond acceptors (Lipinski definition) is 2. The molecule has 1 rings (SSSR count). The molecule has 15 heavy (non-hydrogen) atoms. The highest BCUT2D eigenvalue weighted by Crippen LogP contribution is 2.21. The van der Waals surface area contributed by atoms with Crippen LogP contribution in [0.4, 0.5) is 5.69 Å². The minimum absolute atomic E-state index is 0.0248. The molecule has 1 aromatic carbocycles. The van der Waals surface area contributed by atoms with Gasteiger partial charge in [-0.05, 0) is 53.3 Å². The zero-order chi connectivity index (χ0) is 11.3. The van der Waals surface area contributed by atoms with Crippen molar-refractivity contribution in [2.45, 2.75) is 20.3 Å². The van der Waals surface area contributed by atoms with E-state index in [1.54, 1.807) is 0 Å². The Balaban J connectivity index is 2.53. The molecule has 1 aromatic rings. The molecule has 84 valence electrons. The molecule has 0 spiro atoms. The summed E-state index contributed by atoms with van der Waals surface area (Å²) in [5.41, 5.74) is 1.09. The van der Waals surface area contributed by atoms with Crippen molar-refractivity contribution in [2.24, 2.45) is 5.41 Å². The van der Waals surface area contributed by atoms with Gasteiger partial charge in [0.25, 0.3) is 0 Å². The van der Waals surface area contributed by atoms with Gasteiger partial charge in [0.15, 0.2) is 0 Å². The van der Waals surface area contributed by atoms with E-state index in [4.69, 9.17) is 0 Å². The summed E-state index contributed by atoms with van der Waals surface area (Å²) in [4.78, 5) is 0. The Kier molecular flexibility index (Phi) is 4.86. The average molecular weight is 319 g/mol. The predicted molar refractivity (Wildman–Crippen MR) is 73.1 cm³/mol. The van der Waals surface area contributed by atoms with Crippen molar-refractivity contribution in [3.05, 3.63) is 27.8 Å². The quantitative estimate of drug-likeness (QED) is 0.818. The van der Waals surface area contributed by atoms with Gasteiger partial charge in [0.05, 0.1) is 6.61 Å². The van der Waals surface area contributed by atoms with Crippen LogP contribution in [0.15, 0.2) is 24.3 Å². The molecule has 0 aliphatic heterocycles. The van der Waals surface area contributed by atoms with Crippen LogP contribution in [0.3, 0.4) is 0 Å². The third kappa shape index (κ3) is 3.99. The van der Waals surface area contributed by atoms with Crippen LogP contribution in [0.1, 0.15) is 20.3 Å². The van der Waals surface area contributed by atoms with E-state index in [2.05, 4.69) is 66.0 Å². The molecule has 0 radical (unpaired) electrons. The van der Waals surface area contributed by atoms with Gasteiger partial charge in [0.1, 0.15) is 0 Å². The van der Waals surface area contributed by atoms with Crippen molar-refractivity contribution in [1.29, 1.82) is 0 Å². The summed E-state index contributed by atoms with van der Waals surface area (Å²) in [6, 6.07) is 8.28. The van der Waals surface area contributed by atoms with Gasteiger partial charge in [0.2, 0.25) is 0 Å². The molecule has 0 saturated carbocycles. The number of anilines is 1. The Bertz CT molecular complexity index is 293. The van der Waals surface area contributed by atoms with Crippen molar-refractivity contribution < 1.29 is 5.11 Å². The van der Waals surface area contributed by atoms with E-state index in [0.717, 1.165) is 18.7 Å². The summed E-state index contributed by atoms with van der Waals surface area (Å²) in [6.45, 7) is 5.22. The van der Waals surface area contributed by atoms with Gasteiger partial charge in [-0.3, -0.25) is 0 Å². The first-order valence-corrected chi connectivity index (χ1v) is 6.28. The topological polar surface area (TPSA) is 32.3 Å². The van der Waals surface area contributed by atoms with Crippen LogP contribution >= 0.6 is 22.6 Å². The molecule has 0 bridgehead atoms. The Morgan fingerprint density at radius 3 is 2.40 bits per heavy atom. The molecule has 0 heterocycles. The SMILES string of the molecule is CCC(C)(CO)CNc1ccc(I)cc1. The van der Waals surface area contributed by atoms with E-state index in [1.807, 2.05) is 0 Å². The van der Waals surface area contributed by atoms with E-state index < -0.39 is 0 Å². The summed E-state index contributed by atoms with van der Waals surface area (Å²) in [5, 5.41) is 12.6. The summed E-state index contributed by atoms with van der Waals surface area (Å²) >= 11 is 2.29. The van der Waals surface area contributed by atoms with Crippen LogP contribution in [-0.4, -0.2) is 18.3 Å². The molecule has 0 aliphatic carbocycles. The standard InChI is InChI=1S/C12H18INO/c1-3-12(2,9-15)8-14-11-6-4-10(13)5-7-11/h4-7,14-15H,3,8-9H2,1-2H3. The van der Waals surface area contributed by atoms with Crippen molar-refractivity contribution in [3.63, 3.8) is 0 Å². The molecule has 1 unspecified atom stereocenters. The third-order valence-corrected chi connectivity index (χ3v) is 3.52. The first-order valence-electron chi connectivity index (χ1n) is 5.20. The second-order valence-corrected chi connectivity index (χ2v) is 5.43. The molecule has 3 heteroatoms. The lowest BCUT2D eigenvalue weighted by Gasteiger charge is -2.26. The maximum absolute atomic E-state index is 9.27. The van der Waals surface area contributed by atoms with Crippen LogP contribution in [0.25, 0.3) is 0 Å². The normalized spacial score (nSPS) is 14.7. The summed E-state index contributed by atoms with van der Waals surface area (Å²) in [7, 11) is 0. The lowest BCUT2D eigenvalue weighted by Crippen LogP contribution is -2.29. The molecule has 2 nitrogen and oxygen atoms in total. The summed E-state index contributed by atoms with van der Waals surface area (Å²) in [5.74, 6) is 0. The number of benzene rings is 1. The highest BCUT2D eigenvalue weighted by atomic mass is 127. The average Bonchev–Trinajstić information content (AvgIpc) is 2.28. The largest absolute Gasteiger partial charge is 0.396 e. The molecule has 0 aromatic heterocycles. The van der Waals surface area contributed by atoms with Crippen LogP contribution < -0.4 is 5.32 Å². The van der Waals surface area contributed by atoms with Crippen molar-refractivity contribution in [2.75, 3.05) is 18.5 Å². The van der Waals surface area contributed by atoms with Gasteiger partial charge in [-0.25, -0.2) is 0 Å². The van der Waals surface area contributed by atoms with Crippen molar-refractivity contribution >= 4 is 28.3 Å². The second kappa shape index (κ2) is 5.70. The minimum atomic E-state index is -0.0248. The third-order valence-electron chi connectivity index (χ3n) is 2.80. The Morgan fingerprint density at radius 2 is 1.93 bits per heavy atom. The van der Waals surface area contributed by atoms with E-state index >= 15 is 0 Å². The predicted octanol–water partition coefficient (Wildman–Crippen LogP) is 3.11. The van der Waals surface area contributed by atoms with Gasteiger partial charge in [-0.1, -0.05) is 13.8 Å². The molecular weight excluding hydrogens is 301 g/mol. The molecule has 0 aliphatic rings. The first kappa shape index (κ1) is 12.8. The van der Waals surface area contributed by atoms with Crippen LogP contribution in [-0.2, 0) is 0 Å². The lowest BCUT2D eigenvalue weighted by atomic mass is 9.88. The van der Waals surface area contributed by atoms with Crippen molar-refractivity contribution in [3.8, 4) is 0 Å². The maximum atomic E-state index is 9.27. The van der Waals surface area contributed by atoms with Crippen LogP contribution in [0, 0.1) is 8.99 Å². The number of nitrogens with one attached hydrogen (secondary N) is 1. The fraction of sp³-hybridized carbons (Fsp3) is 0.500. The molecule has 1 atom stereocenters. The number of rotatable bonds is 5. The molecule has 0 fully saturated rings. The highest BCUT2D eigenvalue weighted by molar-refractivity contribution is 14.1. The number of hydrogen-bond donors (Lipinski definition) is 2. The highest BCUT2D eigenvalue weighted by Gasteiger charge is 2.20. The van der Waals surface area contributed by atoms with E-state index in [0.29, 0.717) is 0 Å². The summed E-state index contributed by atoms with van der Waals surface area (Å²) < 4.78 is 1.23. The first-order chi connectivity index (χ1) is 7.09. The Morgan fingerprint density at radius 1 is 1.33 bits per heavy atom. The fourth-order valence-electron chi connectivity index (χ4n) is 1.18. The fourth-order valence-corrected chi connectivity index (χ4v) is 1.54. The smallest absolute Gasteiger partial charge is 0.0501 e. The number of aliphatic hydroxyl groups excluding tert-OH is 1. The van der Waals surface area contributed by atoms with E-state index in [9.17, 15) is 5.11 Å². The van der Waals surface area contributed by atoms with Crippen molar-refractivity contribution in [1.82, 2.24) is 0 Å². The zero-order valence-corrected chi connectivity index (χ0v) is 11.4. The number of aliphatic hydroxyl groups is 1.